The molecule has 3 aromatic rings. The summed E-state index contributed by atoms with van der Waals surface area (Å²) in [6.07, 6.45) is 0.712. The van der Waals surface area contributed by atoms with Crippen molar-refractivity contribution in [2.24, 2.45) is 5.10 Å². The van der Waals surface area contributed by atoms with Crippen molar-refractivity contribution >= 4 is 34.6 Å². The summed E-state index contributed by atoms with van der Waals surface area (Å²) in [6, 6.07) is 20.9. The monoisotopic (exact) mass is 366 g/mol. The number of nitrogens with zero attached hydrogens (tertiary/aromatic N) is 2. The summed E-state index contributed by atoms with van der Waals surface area (Å²) in [4.78, 5) is 14.1. The molecule has 124 valence electrons. The average molecular weight is 367 g/mol. The molecular formula is C20H15ClN2OS. The fourth-order valence-corrected chi connectivity index (χ4v) is 3.80. The van der Waals surface area contributed by atoms with Crippen molar-refractivity contribution in [2.75, 3.05) is 0 Å². The van der Waals surface area contributed by atoms with E-state index in [-0.39, 0.29) is 11.9 Å². The van der Waals surface area contributed by atoms with E-state index in [4.69, 9.17) is 11.6 Å². The van der Waals surface area contributed by atoms with Crippen molar-refractivity contribution in [3.05, 3.63) is 93.1 Å². The van der Waals surface area contributed by atoms with E-state index in [1.165, 1.54) is 0 Å². The molecule has 1 unspecified atom stereocenters. The van der Waals surface area contributed by atoms with Crippen molar-refractivity contribution < 1.29 is 4.79 Å². The fraction of sp³-hybridized carbons (Fsp3) is 0.100. The Morgan fingerprint density at radius 1 is 1.04 bits per heavy atom. The molecule has 4 rings (SSSR count). The van der Waals surface area contributed by atoms with Crippen LogP contribution < -0.4 is 0 Å². The van der Waals surface area contributed by atoms with E-state index in [0.717, 1.165) is 16.2 Å². The van der Waals surface area contributed by atoms with E-state index in [0.29, 0.717) is 17.0 Å². The van der Waals surface area contributed by atoms with Gasteiger partial charge in [0.15, 0.2) is 0 Å². The van der Waals surface area contributed by atoms with Crippen LogP contribution >= 0.6 is 22.9 Å². The molecule has 1 aliphatic heterocycles. The third-order valence-electron chi connectivity index (χ3n) is 4.20. The summed E-state index contributed by atoms with van der Waals surface area (Å²) in [5.74, 6) is -0.114. The van der Waals surface area contributed by atoms with Gasteiger partial charge >= 0.3 is 0 Å². The van der Waals surface area contributed by atoms with Gasteiger partial charge in [-0.25, -0.2) is 5.01 Å². The SMILES string of the molecule is O=C(c1ccc(Cl)cc1)N1N=C(c2cccs2)CC1c1ccccc1. The molecule has 0 saturated heterocycles. The number of rotatable bonds is 3. The van der Waals surface area contributed by atoms with E-state index in [1.807, 2.05) is 47.8 Å². The normalized spacial score (nSPS) is 16.8. The first-order chi connectivity index (χ1) is 12.2. The third-order valence-corrected chi connectivity index (χ3v) is 5.37. The Hall–Kier alpha value is -2.43. The lowest BCUT2D eigenvalue weighted by Gasteiger charge is -2.22. The van der Waals surface area contributed by atoms with Crippen molar-refractivity contribution in [3.63, 3.8) is 0 Å². The lowest BCUT2D eigenvalue weighted by atomic mass is 10.0. The lowest BCUT2D eigenvalue weighted by Crippen LogP contribution is -2.27. The second kappa shape index (κ2) is 6.82. The minimum atomic E-state index is -0.114. The topological polar surface area (TPSA) is 32.7 Å². The quantitative estimate of drug-likeness (QED) is 0.611. The molecule has 1 aromatic heterocycles. The molecule has 25 heavy (non-hydrogen) atoms. The Kier molecular flexibility index (Phi) is 4.38. The number of hydrazone groups is 1. The summed E-state index contributed by atoms with van der Waals surface area (Å²) in [6.45, 7) is 0. The number of carbonyl (C=O) groups excluding carboxylic acids is 1. The first kappa shape index (κ1) is 16.1. The first-order valence-corrected chi connectivity index (χ1v) is 9.23. The number of amides is 1. The number of carbonyl (C=O) groups is 1. The maximum atomic E-state index is 13.0. The van der Waals surface area contributed by atoms with Crippen LogP contribution in [0.25, 0.3) is 0 Å². The highest BCUT2D eigenvalue weighted by Gasteiger charge is 2.33. The van der Waals surface area contributed by atoms with E-state index < -0.39 is 0 Å². The number of hydrogen-bond acceptors (Lipinski definition) is 3. The predicted octanol–water partition coefficient (Wildman–Crippen LogP) is 5.39. The van der Waals surface area contributed by atoms with Gasteiger partial charge < -0.3 is 0 Å². The smallest absolute Gasteiger partial charge is 0.267 e. The first-order valence-electron chi connectivity index (χ1n) is 7.98. The molecule has 0 saturated carbocycles. The molecule has 5 heteroatoms. The highest BCUT2D eigenvalue weighted by atomic mass is 35.5. The minimum Gasteiger partial charge on any atom is -0.267 e. The molecule has 0 radical (unpaired) electrons. The van der Waals surface area contributed by atoms with Gasteiger partial charge in [0.05, 0.1) is 16.6 Å². The van der Waals surface area contributed by atoms with Gasteiger partial charge in [0.25, 0.3) is 5.91 Å². The van der Waals surface area contributed by atoms with Gasteiger partial charge in [-0.05, 0) is 41.3 Å². The zero-order valence-electron chi connectivity index (χ0n) is 13.3. The molecule has 2 heterocycles. The third kappa shape index (κ3) is 3.23. The van der Waals surface area contributed by atoms with Crippen LogP contribution in [0.4, 0.5) is 0 Å². The largest absolute Gasteiger partial charge is 0.274 e. The second-order valence-corrected chi connectivity index (χ2v) is 7.20. The van der Waals surface area contributed by atoms with Crippen LogP contribution in [0.3, 0.4) is 0 Å². The van der Waals surface area contributed by atoms with Gasteiger partial charge in [-0.1, -0.05) is 48.0 Å². The molecule has 0 N–H and O–H groups in total. The Bertz CT molecular complexity index is 905. The lowest BCUT2D eigenvalue weighted by molar-refractivity contribution is 0.0711. The van der Waals surface area contributed by atoms with Gasteiger partial charge in [0, 0.05) is 17.0 Å². The van der Waals surface area contributed by atoms with Gasteiger partial charge in [-0.3, -0.25) is 4.79 Å². The summed E-state index contributed by atoms with van der Waals surface area (Å²) in [5.41, 5.74) is 2.62. The fourth-order valence-electron chi connectivity index (χ4n) is 2.95. The van der Waals surface area contributed by atoms with Gasteiger partial charge in [-0.2, -0.15) is 5.10 Å². The van der Waals surface area contributed by atoms with Crippen LogP contribution in [0.1, 0.15) is 33.3 Å². The van der Waals surface area contributed by atoms with Gasteiger partial charge in [0.2, 0.25) is 0 Å². The second-order valence-electron chi connectivity index (χ2n) is 5.81. The zero-order valence-corrected chi connectivity index (χ0v) is 14.9. The molecule has 1 aliphatic rings. The van der Waals surface area contributed by atoms with E-state index in [9.17, 15) is 4.79 Å². The Balaban J connectivity index is 1.71. The van der Waals surface area contributed by atoms with Crippen LogP contribution in [0.5, 0.6) is 0 Å². The van der Waals surface area contributed by atoms with Crippen molar-refractivity contribution in [2.45, 2.75) is 12.5 Å². The summed E-state index contributed by atoms with van der Waals surface area (Å²) >= 11 is 7.58. The molecule has 0 bridgehead atoms. The minimum absolute atomic E-state index is 0.0959. The van der Waals surface area contributed by atoms with E-state index in [2.05, 4.69) is 5.10 Å². The van der Waals surface area contributed by atoms with Gasteiger partial charge in [0.1, 0.15) is 0 Å². The number of hydrogen-bond donors (Lipinski definition) is 0. The van der Waals surface area contributed by atoms with E-state index >= 15 is 0 Å². The van der Waals surface area contributed by atoms with E-state index in [1.54, 1.807) is 40.6 Å². The van der Waals surface area contributed by atoms with Gasteiger partial charge in [-0.15, -0.1) is 11.3 Å². The van der Waals surface area contributed by atoms with Crippen molar-refractivity contribution in [3.8, 4) is 0 Å². The Labute approximate surface area is 155 Å². The number of benzene rings is 2. The summed E-state index contributed by atoms with van der Waals surface area (Å²) < 4.78 is 0. The molecule has 1 amide bonds. The predicted molar refractivity (Wildman–Crippen MR) is 102 cm³/mol. The maximum absolute atomic E-state index is 13.0. The van der Waals surface area contributed by atoms with Crippen molar-refractivity contribution in [1.82, 2.24) is 5.01 Å². The maximum Gasteiger partial charge on any atom is 0.274 e. The van der Waals surface area contributed by atoms with Crippen LogP contribution in [-0.2, 0) is 0 Å². The number of thiophene rings is 1. The Morgan fingerprint density at radius 2 is 1.80 bits per heavy atom. The summed E-state index contributed by atoms with van der Waals surface area (Å²) in [5, 5.41) is 8.91. The summed E-state index contributed by atoms with van der Waals surface area (Å²) in [7, 11) is 0. The molecule has 0 spiro atoms. The standard InChI is InChI=1S/C20H15ClN2OS/c21-16-10-8-15(9-11-16)20(24)23-18(14-5-2-1-3-6-14)13-17(22-23)19-7-4-12-25-19/h1-12,18H,13H2. The molecule has 2 aromatic carbocycles. The highest BCUT2D eigenvalue weighted by molar-refractivity contribution is 7.12. The Morgan fingerprint density at radius 3 is 2.48 bits per heavy atom. The van der Waals surface area contributed by atoms with Crippen LogP contribution in [0.15, 0.2) is 77.2 Å². The molecule has 0 fully saturated rings. The molecule has 1 atom stereocenters. The molecule has 3 nitrogen and oxygen atoms in total. The van der Waals surface area contributed by atoms with Crippen LogP contribution in [0.2, 0.25) is 5.02 Å². The number of halogens is 1. The zero-order chi connectivity index (χ0) is 17.2. The average Bonchev–Trinajstić information content (AvgIpc) is 3.32. The van der Waals surface area contributed by atoms with Crippen molar-refractivity contribution in [1.29, 1.82) is 0 Å². The highest BCUT2D eigenvalue weighted by Crippen LogP contribution is 2.34. The van der Waals surface area contributed by atoms with Crippen LogP contribution in [0, 0.1) is 0 Å². The van der Waals surface area contributed by atoms with Crippen LogP contribution in [-0.4, -0.2) is 16.6 Å². The molecular weight excluding hydrogens is 352 g/mol. The molecule has 0 aliphatic carbocycles.